The van der Waals surface area contributed by atoms with Crippen LogP contribution in [0.25, 0.3) is 0 Å². The van der Waals surface area contributed by atoms with Gasteiger partial charge in [0.1, 0.15) is 5.82 Å². The van der Waals surface area contributed by atoms with Crippen LogP contribution in [-0.4, -0.2) is 35.1 Å². The molecule has 1 aliphatic carbocycles. The topological polar surface area (TPSA) is 70.2 Å². The molecule has 1 heterocycles. The van der Waals surface area contributed by atoms with Crippen LogP contribution in [0, 0.1) is 28.8 Å². The Balaban J connectivity index is 1.65. The molecule has 0 aromatic heterocycles. The van der Waals surface area contributed by atoms with Crippen molar-refractivity contribution < 1.29 is 18.0 Å². The summed E-state index contributed by atoms with van der Waals surface area (Å²) in [6.45, 7) is 0. The van der Waals surface area contributed by atoms with Gasteiger partial charge < -0.3 is 16.0 Å². The molecule has 2 unspecified atom stereocenters. The monoisotopic (exact) mass is 339 g/mol. The molecule has 3 N–H and O–H groups in total. The second kappa shape index (κ2) is 6.55. The minimum atomic E-state index is -1.25. The summed E-state index contributed by atoms with van der Waals surface area (Å²) in [5, 5.41) is 7.53. The Morgan fingerprint density at radius 1 is 1.29 bits per heavy atom. The van der Waals surface area contributed by atoms with E-state index in [-0.39, 0.29) is 36.4 Å². The van der Waals surface area contributed by atoms with Crippen molar-refractivity contribution in [1.82, 2.24) is 4.90 Å². The summed E-state index contributed by atoms with van der Waals surface area (Å²) < 4.78 is 39.9. The minimum Gasteiger partial charge on any atom is -0.331 e. The van der Waals surface area contributed by atoms with E-state index in [0.29, 0.717) is 12.0 Å². The zero-order valence-corrected chi connectivity index (χ0v) is 13.1. The Morgan fingerprint density at radius 2 is 2.00 bits per heavy atom. The summed E-state index contributed by atoms with van der Waals surface area (Å²) in [6.07, 6.45) is 4.13. The summed E-state index contributed by atoms with van der Waals surface area (Å²) in [4.78, 5) is 14.3. The molecule has 0 spiro atoms. The highest BCUT2D eigenvalue weighted by molar-refractivity contribution is 5.82. The lowest BCUT2D eigenvalue weighted by Crippen LogP contribution is -2.47. The third-order valence-electron chi connectivity index (χ3n) is 5.11. The number of hydrogen-bond acceptors (Lipinski definition) is 3. The van der Waals surface area contributed by atoms with Crippen molar-refractivity contribution in [2.45, 2.75) is 50.2 Å². The quantitative estimate of drug-likeness (QED) is 0.639. The van der Waals surface area contributed by atoms with Crippen molar-refractivity contribution in [2.24, 2.45) is 11.7 Å². The lowest BCUT2D eigenvalue weighted by atomic mass is 9.98. The Labute approximate surface area is 138 Å². The number of benzene rings is 1. The van der Waals surface area contributed by atoms with Gasteiger partial charge in [0, 0.05) is 30.8 Å². The maximum absolute atomic E-state index is 13.7. The largest absolute Gasteiger partial charge is 0.331 e. The number of carbonyl (C=O) groups is 1. The summed E-state index contributed by atoms with van der Waals surface area (Å²) >= 11 is 0. The van der Waals surface area contributed by atoms with Crippen molar-refractivity contribution in [1.29, 1.82) is 5.41 Å². The maximum atomic E-state index is 13.7. The number of halogens is 3. The number of carbonyl (C=O) groups excluding carboxylic acids is 1. The van der Waals surface area contributed by atoms with E-state index in [1.807, 2.05) is 0 Å². The van der Waals surface area contributed by atoms with E-state index in [4.69, 9.17) is 11.1 Å². The fourth-order valence-corrected chi connectivity index (χ4v) is 4.02. The van der Waals surface area contributed by atoms with Gasteiger partial charge in [0.2, 0.25) is 5.91 Å². The zero-order chi connectivity index (χ0) is 17.4. The van der Waals surface area contributed by atoms with Crippen molar-refractivity contribution in [3.05, 3.63) is 35.1 Å². The first-order valence-electron chi connectivity index (χ1n) is 8.11. The van der Waals surface area contributed by atoms with Crippen LogP contribution >= 0.6 is 0 Å². The smallest absolute Gasteiger partial charge is 0.224 e. The number of rotatable bonds is 5. The highest BCUT2D eigenvalue weighted by Gasteiger charge is 2.47. The molecule has 3 rings (SSSR count). The van der Waals surface area contributed by atoms with E-state index in [9.17, 15) is 18.0 Å². The highest BCUT2D eigenvalue weighted by atomic mass is 19.2. The van der Waals surface area contributed by atoms with Gasteiger partial charge in [-0.3, -0.25) is 4.79 Å². The van der Waals surface area contributed by atoms with Crippen LogP contribution in [0.15, 0.2) is 12.1 Å². The number of nitrogens with zero attached hydrogens (tertiary/aromatic N) is 1. The van der Waals surface area contributed by atoms with E-state index in [1.165, 1.54) is 6.21 Å². The lowest BCUT2D eigenvalue weighted by Gasteiger charge is -2.33. The molecule has 1 aliphatic heterocycles. The van der Waals surface area contributed by atoms with E-state index in [2.05, 4.69) is 0 Å². The first-order chi connectivity index (χ1) is 11.4. The number of piperidine rings is 1. The molecule has 1 aromatic rings. The Morgan fingerprint density at radius 3 is 2.71 bits per heavy atom. The van der Waals surface area contributed by atoms with E-state index < -0.39 is 23.5 Å². The van der Waals surface area contributed by atoms with Gasteiger partial charge in [0.05, 0.1) is 6.04 Å². The molecule has 7 heteroatoms. The molecule has 1 amide bonds. The summed E-state index contributed by atoms with van der Waals surface area (Å²) in [7, 11) is 0. The molecule has 2 bridgehead atoms. The van der Waals surface area contributed by atoms with Crippen LogP contribution in [0.1, 0.15) is 31.2 Å². The van der Waals surface area contributed by atoms with Crippen molar-refractivity contribution >= 4 is 12.1 Å². The number of hydrogen-bond donors (Lipinski definition) is 2. The number of likely N-dealkylation sites (tertiary alicyclic amines) is 1. The number of amides is 1. The molecule has 2 fully saturated rings. The standard InChI is InChI=1S/C17H20F3N3O/c18-13-7-15(20)14(19)5-10(13)3-11(22)6-17(24)23-12-2-1-9(4-12)16(23)8-21/h5,7-9,11-12,16,21H,1-4,6,22H2/t9?,11-,12?,16-/m1/s1. The number of nitrogens with one attached hydrogen (secondary N) is 1. The molecule has 1 aromatic carbocycles. The van der Waals surface area contributed by atoms with Crippen molar-refractivity contribution in [3.8, 4) is 0 Å². The van der Waals surface area contributed by atoms with Gasteiger partial charge >= 0.3 is 0 Å². The first-order valence-corrected chi connectivity index (χ1v) is 8.11. The van der Waals surface area contributed by atoms with E-state index in [1.54, 1.807) is 4.90 Å². The molecular weight excluding hydrogens is 319 g/mol. The molecule has 130 valence electrons. The van der Waals surface area contributed by atoms with Crippen molar-refractivity contribution in [2.75, 3.05) is 0 Å². The van der Waals surface area contributed by atoms with Crippen LogP contribution < -0.4 is 5.73 Å². The van der Waals surface area contributed by atoms with Gasteiger partial charge in [0.15, 0.2) is 11.6 Å². The molecule has 0 radical (unpaired) electrons. The van der Waals surface area contributed by atoms with Gasteiger partial charge in [-0.05, 0) is 43.2 Å². The van der Waals surface area contributed by atoms with Crippen LogP contribution in [0.5, 0.6) is 0 Å². The molecule has 4 nitrogen and oxygen atoms in total. The summed E-state index contributed by atoms with van der Waals surface area (Å²) in [5.41, 5.74) is 5.89. The number of fused-ring (bicyclic) bond motifs is 2. The van der Waals surface area contributed by atoms with Crippen LogP contribution in [-0.2, 0) is 11.2 Å². The average Bonchev–Trinajstić information content (AvgIpc) is 3.12. The van der Waals surface area contributed by atoms with Crippen molar-refractivity contribution in [3.63, 3.8) is 0 Å². The maximum Gasteiger partial charge on any atom is 0.224 e. The molecule has 1 saturated carbocycles. The Bertz CT molecular complexity index is 667. The fraction of sp³-hybridized carbons (Fsp3) is 0.529. The molecule has 1 saturated heterocycles. The van der Waals surface area contributed by atoms with Gasteiger partial charge in [-0.15, -0.1) is 0 Å². The molecule has 4 atom stereocenters. The molecule has 24 heavy (non-hydrogen) atoms. The van der Waals surface area contributed by atoms with Gasteiger partial charge in [-0.1, -0.05) is 0 Å². The van der Waals surface area contributed by atoms with E-state index in [0.717, 1.165) is 25.3 Å². The minimum absolute atomic E-state index is 0.00794. The normalized spacial score (nSPS) is 26.7. The van der Waals surface area contributed by atoms with Crippen LogP contribution in [0.3, 0.4) is 0 Å². The lowest BCUT2D eigenvalue weighted by molar-refractivity contribution is -0.134. The first kappa shape index (κ1) is 17.0. The molecular formula is C17H20F3N3O. The summed E-state index contributed by atoms with van der Waals surface area (Å²) in [5.74, 6) is -3.06. The average molecular weight is 339 g/mol. The second-order valence-corrected chi connectivity index (χ2v) is 6.71. The zero-order valence-electron chi connectivity index (χ0n) is 13.1. The predicted octanol–water partition coefficient (Wildman–Crippen LogP) is 2.39. The SMILES string of the molecule is N=C[C@@H]1C2CCC(C2)N1C(=O)C[C@H](N)Cc1cc(F)c(F)cc1F. The third kappa shape index (κ3) is 3.05. The van der Waals surface area contributed by atoms with Gasteiger partial charge in [-0.25, -0.2) is 13.2 Å². The second-order valence-electron chi connectivity index (χ2n) is 6.71. The van der Waals surface area contributed by atoms with Crippen LogP contribution in [0.4, 0.5) is 13.2 Å². The number of nitrogens with two attached hydrogens (primary N) is 1. The Kier molecular flexibility index (Phi) is 4.62. The van der Waals surface area contributed by atoms with Crippen LogP contribution in [0.2, 0.25) is 0 Å². The van der Waals surface area contributed by atoms with Gasteiger partial charge in [-0.2, -0.15) is 0 Å². The van der Waals surface area contributed by atoms with Gasteiger partial charge in [0.25, 0.3) is 0 Å². The third-order valence-corrected chi connectivity index (χ3v) is 5.11. The highest BCUT2D eigenvalue weighted by Crippen LogP contribution is 2.42. The summed E-state index contributed by atoms with van der Waals surface area (Å²) in [6, 6.07) is 0.559. The molecule has 2 aliphatic rings. The fourth-order valence-electron chi connectivity index (χ4n) is 4.02. The predicted molar refractivity (Wildman–Crippen MR) is 83.2 cm³/mol. The Hall–Kier alpha value is -1.89. The van der Waals surface area contributed by atoms with E-state index >= 15 is 0 Å².